The molecule has 0 unspecified atom stereocenters. The predicted octanol–water partition coefficient (Wildman–Crippen LogP) is 7.25. The van der Waals surface area contributed by atoms with Crippen LogP contribution in [0.3, 0.4) is 0 Å². The van der Waals surface area contributed by atoms with Crippen LogP contribution in [0.15, 0.2) is 53.9 Å². The van der Waals surface area contributed by atoms with Gasteiger partial charge in [-0.15, -0.1) is 34.0 Å². The third kappa shape index (κ3) is 3.75. The maximum absolute atomic E-state index is 14.6. The number of unbranched alkanes of at least 4 members (excludes halogenated alkanes) is 1. The number of hydrogen-bond acceptors (Lipinski definition) is 6. The summed E-state index contributed by atoms with van der Waals surface area (Å²) in [4.78, 5) is 46.9. The number of nitrogens with zero attached hydrogens (tertiary/aromatic N) is 1. The molecule has 2 amide bonds. The second-order valence-electron chi connectivity index (χ2n) is 11.4. The van der Waals surface area contributed by atoms with E-state index in [0.717, 1.165) is 71.3 Å². The van der Waals surface area contributed by atoms with Crippen LogP contribution in [0.25, 0.3) is 37.7 Å². The van der Waals surface area contributed by atoms with Crippen molar-refractivity contribution in [2.75, 3.05) is 6.54 Å². The lowest BCUT2D eigenvalue weighted by Gasteiger charge is -2.12. The van der Waals surface area contributed by atoms with E-state index < -0.39 is 0 Å². The monoisotopic (exact) mass is 617 g/mol. The van der Waals surface area contributed by atoms with E-state index in [1.165, 1.54) is 37.6 Å². The Morgan fingerprint density at radius 1 is 0.814 bits per heavy atom. The number of thiophene rings is 3. The van der Waals surface area contributed by atoms with Gasteiger partial charge in [0.1, 0.15) is 0 Å². The molecule has 2 aliphatic carbocycles. The summed E-state index contributed by atoms with van der Waals surface area (Å²) >= 11 is 4.90. The minimum absolute atomic E-state index is 0.0615. The van der Waals surface area contributed by atoms with Crippen molar-refractivity contribution in [1.29, 1.82) is 0 Å². The number of fused-ring (bicyclic) bond motifs is 7. The van der Waals surface area contributed by atoms with E-state index in [1.807, 2.05) is 31.2 Å². The van der Waals surface area contributed by atoms with E-state index in [-0.39, 0.29) is 17.6 Å². The van der Waals surface area contributed by atoms with Gasteiger partial charge in [0, 0.05) is 63.3 Å². The van der Waals surface area contributed by atoms with Crippen LogP contribution in [0.1, 0.15) is 71.8 Å². The minimum Gasteiger partial charge on any atom is -0.288 e. The molecule has 4 heterocycles. The van der Waals surface area contributed by atoms with Crippen molar-refractivity contribution in [3.05, 3.63) is 107 Å². The van der Waals surface area contributed by atoms with Gasteiger partial charge in [-0.3, -0.25) is 19.3 Å². The molecular formula is C36H27NO3S3. The van der Waals surface area contributed by atoms with Gasteiger partial charge >= 0.3 is 0 Å². The highest BCUT2D eigenvalue weighted by Gasteiger charge is 2.39. The quantitative estimate of drug-likeness (QED) is 0.189. The van der Waals surface area contributed by atoms with Crippen LogP contribution in [0.2, 0.25) is 0 Å². The average Bonchev–Trinajstić information content (AvgIpc) is 3.82. The minimum atomic E-state index is -0.218. The number of hydrogen-bond donors (Lipinski definition) is 0. The predicted molar refractivity (Wildman–Crippen MR) is 178 cm³/mol. The third-order valence-electron chi connectivity index (χ3n) is 8.79. The van der Waals surface area contributed by atoms with Gasteiger partial charge in [0.25, 0.3) is 11.8 Å². The number of imide groups is 1. The molecular weight excluding hydrogens is 591 g/mol. The number of benzene rings is 2. The van der Waals surface area contributed by atoms with Crippen LogP contribution >= 0.6 is 34.0 Å². The van der Waals surface area contributed by atoms with E-state index >= 15 is 0 Å². The van der Waals surface area contributed by atoms with Gasteiger partial charge in [-0.25, -0.2) is 0 Å². The van der Waals surface area contributed by atoms with Crippen LogP contribution in [0, 0.1) is 13.8 Å². The van der Waals surface area contributed by atoms with Crippen LogP contribution in [0.4, 0.5) is 0 Å². The molecule has 0 bridgehead atoms. The fraction of sp³-hybridized carbons (Fsp3) is 0.194. The molecule has 3 aromatic heterocycles. The lowest BCUT2D eigenvalue weighted by atomic mass is 9.97. The van der Waals surface area contributed by atoms with E-state index in [2.05, 4.69) is 49.6 Å². The van der Waals surface area contributed by atoms with Crippen LogP contribution < -0.4 is 10.4 Å². The Labute approximate surface area is 260 Å². The van der Waals surface area contributed by atoms with Crippen molar-refractivity contribution < 1.29 is 14.4 Å². The lowest BCUT2D eigenvalue weighted by Crippen LogP contribution is -2.30. The number of allylic oxidation sites excluding steroid dienone is 1. The number of carbonyl (C=O) groups excluding carboxylic acids is 3. The number of aryl methyl sites for hydroxylation is 2. The summed E-state index contributed by atoms with van der Waals surface area (Å²) < 4.78 is 1.16. The highest BCUT2D eigenvalue weighted by Crippen LogP contribution is 2.41. The Bertz CT molecular complexity index is 2240. The molecule has 0 saturated heterocycles. The number of rotatable bonds is 6. The smallest absolute Gasteiger partial charge is 0.262 e. The van der Waals surface area contributed by atoms with E-state index in [0.29, 0.717) is 17.7 Å². The highest BCUT2D eigenvalue weighted by molar-refractivity contribution is 7.18. The topological polar surface area (TPSA) is 54.5 Å². The molecule has 2 aromatic carbocycles. The zero-order valence-electron chi connectivity index (χ0n) is 24.0. The van der Waals surface area contributed by atoms with Gasteiger partial charge in [-0.1, -0.05) is 37.6 Å². The maximum atomic E-state index is 14.6. The second kappa shape index (κ2) is 9.81. The molecule has 0 spiro atoms. The Hall–Kier alpha value is -3.91. The number of amides is 2. The van der Waals surface area contributed by atoms with Crippen molar-refractivity contribution in [2.24, 2.45) is 0 Å². The van der Waals surface area contributed by atoms with Crippen molar-refractivity contribution >= 4 is 78.9 Å². The van der Waals surface area contributed by atoms with E-state index in [4.69, 9.17) is 0 Å². The number of ketones is 1. The van der Waals surface area contributed by atoms with Gasteiger partial charge in [0.15, 0.2) is 5.78 Å². The molecule has 0 radical (unpaired) electrons. The van der Waals surface area contributed by atoms with E-state index in [9.17, 15) is 14.4 Å². The molecule has 0 saturated carbocycles. The maximum Gasteiger partial charge on any atom is 0.262 e. The molecule has 0 fully saturated rings. The zero-order chi connectivity index (χ0) is 29.6. The second-order valence-corrected chi connectivity index (χ2v) is 14.6. The van der Waals surface area contributed by atoms with Crippen molar-refractivity contribution in [3.8, 4) is 10.4 Å². The van der Waals surface area contributed by atoms with Gasteiger partial charge in [-0.2, -0.15) is 0 Å². The summed E-state index contributed by atoms with van der Waals surface area (Å²) in [5.41, 5.74) is 6.55. The molecule has 8 rings (SSSR count). The molecule has 4 nitrogen and oxygen atoms in total. The normalized spacial score (nSPS) is 15.4. The molecule has 7 heteroatoms. The van der Waals surface area contributed by atoms with Crippen LogP contribution in [0.5, 0.6) is 0 Å². The molecule has 212 valence electrons. The summed E-state index contributed by atoms with van der Waals surface area (Å²) in [6.07, 6.45) is 6.87. The standard InChI is InChI=1S/C36H27NO3S3/c1-4-5-16-37-35(39)27-18(2)9-11-23(29(27)36(37)40)24-13-14-26(43-24)30-28-21-8-6-7-20(21)22-15-17-41-34(22)32(28)31(33(30)38)25-12-10-19(3)42-25/h6-7,9-15,17H,4-5,8,16H2,1-3H3. The summed E-state index contributed by atoms with van der Waals surface area (Å²) in [6, 6.07) is 14.3. The first-order valence-electron chi connectivity index (χ1n) is 14.6. The first-order valence-corrected chi connectivity index (χ1v) is 17.1. The summed E-state index contributed by atoms with van der Waals surface area (Å²) in [6.45, 7) is 6.45. The summed E-state index contributed by atoms with van der Waals surface area (Å²) in [5, 5.41) is 5.46. The van der Waals surface area contributed by atoms with Crippen molar-refractivity contribution in [1.82, 2.24) is 4.90 Å². The van der Waals surface area contributed by atoms with Gasteiger partial charge in [0.2, 0.25) is 0 Å². The Morgan fingerprint density at radius 2 is 1.56 bits per heavy atom. The average molecular weight is 618 g/mol. The Kier molecular flexibility index (Phi) is 6.09. The lowest BCUT2D eigenvalue weighted by molar-refractivity contribution is -0.108. The first kappa shape index (κ1) is 26.7. The summed E-state index contributed by atoms with van der Waals surface area (Å²) in [5.74, 6) is -0.358. The number of carbonyl (C=O) groups is 3. The Balaban J connectivity index is 1.36. The van der Waals surface area contributed by atoms with Crippen LogP contribution in [-0.4, -0.2) is 29.0 Å². The SMILES string of the molecule is CCCCN1C(=O)c2c(C)ccc(-c3ccc(C4=c5c6c(c7ccsc7c5=C(c5ccc(C)s5)C4=O)C=CC6)s3)c2C1=O. The van der Waals surface area contributed by atoms with Crippen molar-refractivity contribution in [3.63, 3.8) is 0 Å². The Morgan fingerprint density at radius 3 is 2.35 bits per heavy atom. The molecule has 3 aliphatic rings. The van der Waals surface area contributed by atoms with Gasteiger partial charge in [0.05, 0.1) is 11.1 Å². The van der Waals surface area contributed by atoms with Gasteiger partial charge in [-0.05, 0) is 79.1 Å². The third-order valence-corrected chi connectivity index (χ3v) is 11.9. The molecule has 1 aliphatic heterocycles. The molecule has 0 N–H and O–H groups in total. The molecule has 5 aromatic rings. The fourth-order valence-corrected chi connectivity index (χ4v) is 9.76. The molecule has 43 heavy (non-hydrogen) atoms. The fourth-order valence-electron chi connectivity index (χ4n) is 6.79. The number of Topliss-reactive ketones (excluding diaryl/α,β-unsaturated/α-hetero) is 1. The highest BCUT2D eigenvalue weighted by atomic mass is 32.1. The summed E-state index contributed by atoms with van der Waals surface area (Å²) in [7, 11) is 0. The van der Waals surface area contributed by atoms with Crippen LogP contribution in [-0.2, 0) is 11.2 Å². The van der Waals surface area contributed by atoms with Gasteiger partial charge < -0.3 is 0 Å². The van der Waals surface area contributed by atoms with E-state index in [1.54, 1.807) is 22.7 Å². The molecule has 0 atom stereocenters. The largest absolute Gasteiger partial charge is 0.288 e. The first-order chi connectivity index (χ1) is 20.9. The zero-order valence-corrected chi connectivity index (χ0v) is 26.4. The van der Waals surface area contributed by atoms with Crippen molar-refractivity contribution in [2.45, 2.75) is 40.0 Å².